The molecule has 3 saturated carbocycles. The van der Waals surface area contributed by atoms with Crippen molar-refractivity contribution in [3.05, 3.63) is 11.6 Å². The molecule has 12 nitrogen and oxygen atoms in total. The predicted octanol–water partition coefficient (Wildman–Crippen LogP) is 2.00. The molecular weight excluding hydrogens is 648 g/mol. The van der Waals surface area contributed by atoms with Gasteiger partial charge in [0.05, 0.1) is 32.0 Å². The molecule has 20 atom stereocenters. The zero-order valence-electron chi connectivity index (χ0n) is 30.0. The molecule has 0 aromatic rings. The summed E-state index contributed by atoms with van der Waals surface area (Å²) in [5.74, 6) is 3.01. The van der Waals surface area contributed by atoms with Gasteiger partial charge in [0, 0.05) is 12.3 Å². The van der Waals surface area contributed by atoms with E-state index in [2.05, 4.69) is 33.8 Å². The molecule has 1 spiro atoms. The molecule has 0 aromatic carbocycles. The molecule has 0 bridgehead atoms. The van der Waals surface area contributed by atoms with Crippen molar-refractivity contribution in [3.63, 3.8) is 0 Å². The number of hydrogen-bond acceptors (Lipinski definition) is 12. The van der Waals surface area contributed by atoms with E-state index in [0.717, 1.165) is 45.1 Å². The number of rotatable bonds is 6. The van der Waals surface area contributed by atoms with Gasteiger partial charge in [0.1, 0.15) is 42.7 Å². The summed E-state index contributed by atoms with van der Waals surface area (Å²) in [7, 11) is 0. The number of allylic oxidation sites excluding steroid dienone is 1. The van der Waals surface area contributed by atoms with Crippen molar-refractivity contribution < 1.29 is 59.1 Å². The zero-order valence-corrected chi connectivity index (χ0v) is 30.0. The molecule has 8 aliphatic rings. The number of hydrogen-bond donors (Lipinski definition) is 6. The Morgan fingerprint density at radius 1 is 0.820 bits per heavy atom. The third-order valence-electron chi connectivity index (χ3n) is 15.3. The summed E-state index contributed by atoms with van der Waals surface area (Å²) < 4.78 is 36.9. The third kappa shape index (κ3) is 5.53. The summed E-state index contributed by atoms with van der Waals surface area (Å²) in [6.45, 7) is 9.41. The lowest BCUT2D eigenvalue weighted by atomic mass is 9.47. The molecule has 7 fully saturated rings. The van der Waals surface area contributed by atoms with E-state index in [9.17, 15) is 30.6 Å². The average molecular weight is 709 g/mol. The highest BCUT2D eigenvalue weighted by atomic mass is 16.7. The second kappa shape index (κ2) is 13.2. The molecule has 284 valence electrons. The molecule has 4 aliphatic heterocycles. The van der Waals surface area contributed by atoms with Crippen LogP contribution in [0.4, 0.5) is 0 Å². The first-order valence-corrected chi connectivity index (χ1v) is 19.4. The summed E-state index contributed by atoms with van der Waals surface area (Å²) >= 11 is 0. The van der Waals surface area contributed by atoms with Crippen LogP contribution in [0.25, 0.3) is 0 Å². The van der Waals surface area contributed by atoms with Crippen LogP contribution in [-0.2, 0) is 28.4 Å². The fourth-order valence-electron chi connectivity index (χ4n) is 12.4. The molecule has 4 saturated heterocycles. The Balaban J connectivity index is 0.915. The Bertz CT molecular complexity index is 1270. The minimum absolute atomic E-state index is 0.0787. The molecule has 12 heteroatoms. The van der Waals surface area contributed by atoms with Crippen molar-refractivity contribution in [2.24, 2.45) is 46.3 Å². The van der Waals surface area contributed by atoms with Crippen molar-refractivity contribution in [2.45, 2.75) is 159 Å². The Kier molecular flexibility index (Phi) is 9.59. The summed E-state index contributed by atoms with van der Waals surface area (Å²) in [5, 5.41) is 62.1. The second-order valence-electron chi connectivity index (χ2n) is 17.8. The molecule has 0 unspecified atom stereocenters. The van der Waals surface area contributed by atoms with Gasteiger partial charge in [-0.1, -0.05) is 39.3 Å². The maximum atomic E-state index is 11.1. The van der Waals surface area contributed by atoms with E-state index < -0.39 is 74.3 Å². The highest BCUT2D eigenvalue weighted by Gasteiger charge is 2.68. The van der Waals surface area contributed by atoms with E-state index in [4.69, 9.17) is 28.4 Å². The monoisotopic (exact) mass is 708 g/mol. The van der Waals surface area contributed by atoms with Gasteiger partial charge >= 0.3 is 0 Å². The van der Waals surface area contributed by atoms with Crippen LogP contribution in [0.3, 0.4) is 0 Å². The molecular formula is C38H60O12. The van der Waals surface area contributed by atoms with Crippen LogP contribution in [0.2, 0.25) is 0 Å². The van der Waals surface area contributed by atoms with Crippen molar-refractivity contribution in [1.82, 2.24) is 0 Å². The first-order valence-electron chi connectivity index (χ1n) is 19.4. The quantitative estimate of drug-likeness (QED) is 0.222. The maximum absolute atomic E-state index is 11.1. The van der Waals surface area contributed by atoms with E-state index in [1.807, 2.05) is 0 Å². The predicted molar refractivity (Wildman–Crippen MR) is 177 cm³/mol. The van der Waals surface area contributed by atoms with Crippen LogP contribution in [-0.4, -0.2) is 124 Å². The zero-order chi connectivity index (χ0) is 35.3. The lowest BCUT2D eigenvalue weighted by Gasteiger charge is -2.58. The number of aliphatic hydroxyl groups excluding tert-OH is 6. The van der Waals surface area contributed by atoms with E-state index in [1.165, 1.54) is 24.8 Å². The van der Waals surface area contributed by atoms with Gasteiger partial charge in [-0.25, -0.2) is 0 Å². The van der Waals surface area contributed by atoms with Gasteiger partial charge in [0.2, 0.25) is 0 Å². The standard InChI is InChI=1S/C38H60O12/c1-18-7-12-38(45-17-18)19(2)28-25(50-38)14-24-22-6-5-20-13-21(8-10-36(20,3)23(22)9-11-37(24,28)4)46-34-32(44)30(42)33(27(16-40)48-34)49-35-31(43)29(41)26(15-39)47-35/h5,18-19,21-35,39-44H,6-17H2,1-4H3/t18-,19+,21+,22-,23+,24+,25+,26-,27-,28+,29-,30-,31+,32-,33-,34-,35+,36+,37+,38-/m1/s1. The van der Waals surface area contributed by atoms with E-state index in [0.29, 0.717) is 35.5 Å². The molecule has 6 N–H and O–H groups in total. The first kappa shape index (κ1) is 36.2. The lowest BCUT2D eigenvalue weighted by molar-refractivity contribution is -0.337. The minimum atomic E-state index is -1.52. The molecule has 0 radical (unpaired) electrons. The number of ether oxygens (including phenoxy) is 6. The van der Waals surface area contributed by atoms with Gasteiger partial charge in [-0.2, -0.15) is 0 Å². The molecule has 0 amide bonds. The normalized spacial score (nSPS) is 57.6. The molecule has 0 aromatic heterocycles. The van der Waals surface area contributed by atoms with Gasteiger partial charge in [-0.3, -0.25) is 0 Å². The maximum Gasteiger partial charge on any atom is 0.187 e. The molecule has 8 rings (SSSR count). The Morgan fingerprint density at radius 2 is 1.54 bits per heavy atom. The summed E-state index contributed by atoms with van der Waals surface area (Å²) in [6, 6.07) is 0. The van der Waals surface area contributed by atoms with Crippen molar-refractivity contribution >= 4 is 0 Å². The van der Waals surface area contributed by atoms with Gasteiger partial charge in [-0.15, -0.1) is 0 Å². The second-order valence-corrected chi connectivity index (χ2v) is 17.8. The fraction of sp³-hybridized carbons (Fsp3) is 0.947. The van der Waals surface area contributed by atoms with E-state index >= 15 is 0 Å². The SMILES string of the molecule is C[C@@H]1CC[C@@]2(OC1)O[C@H]1C[C@H]3[C@@H]4CC=C5C[C@@H](O[C@@H]6O[C@H](CO)[C@@H](O[C@@H]7O[C@H](CO)[C@@H](O)[C@@H]7O)[C@H](O)[C@H]6O)CC[C@]5(C)[C@H]4CC[C@]3(C)[C@H]1[C@@H]2C. The molecule has 50 heavy (non-hydrogen) atoms. The summed E-state index contributed by atoms with van der Waals surface area (Å²) in [6.07, 6.45) is -0.0498. The van der Waals surface area contributed by atoms with Crippen LogP contribution in [0.1, 0.15) is 85.5 Å². The van der Waals surface area contributed by atoms with Crippen LogP contribution < -0.4 is 0 Å². The Hall–Kier alpha value is -0.740. The molecule has 4 aliphatic carbocycles. The van der Waals surface area contributed by atoms with Crippen molar-refractivity contribution in [2.75, 3.05) is 19.8 Å². The van der Waals surface area contributed by atoms with Crippen molar-refractivity contribution in [3.8, 4) is 0 Å². The van der Waals surface area contributed by atoms with Gasteiger partial charge in [0.15, 0.2) is 18.4 Å². The molecule has 4 heterocycles. The summed E-state index contributed by atoms with van der Waals surface area (Å²) in [4.78, 5) is 0. The van der Waals surface area contributed by atoms with Crippen LogP contribution in [0.15, 0.2) is 11.6 Å². The third-order valence-corrected chi connectivity index (χ3v) is 15.3. The Labute approximate surface area is 295 Å². The first-order chi connectivity index (χ1) is 23.8. The summed E-state index contributed by atoms with van der Waals surface area (Å²) in [5.41, 5.74) is 1.75. The Morgan fingerprint density at radius 3 is 2.24 bits per heavy atom. The highest BCUT2D eigenvalue weighted by molar-refractivity contribution is 5.26. The highest BCUT2D eigenvalue weighted by Crippen LogP contribution is 2.70. The number of fused-ring (bicyclic) bond motifs is 7. The fourth-order valence-corrected chi connectivity index (χ4v) is 12.4. The van der Waals surface area contributed by atoms with E-state index in [-0.39, 0.29) is 23.0 Å². The van der Waals surface area contributed by atoms with Crippen molar-refractivity contribution in [1.29, 1.82) is 0 Å². The van der Waals surface area contributed by atoms with Crippen LogP contribution >= 0.6 is 0 Å². The van der Waals surface area contributed by atoms with E-state index in [1.54, 1.807) is 0 Å². The topological polar surface area (TPSA) is 177 Å². The van der Waals surface area contributed by atoms with Gasteiger partial charge in [-0.05, 0) is 91.8 Å². The van der Waals surface area contributed by atoms with Crippen LogP contribution in [0.5, 0.6) is 0 Å². The smallest absolute Gasteiger partial charge is 0.187 e. The lowest BCUT2D eigenvalue weighted by Crippen LogP contribution is -2.62. The van der Waals surface area contributed by atoms with Crippen LogP contribution in [0, 0.1) is 46.3 Å². The van der Waals surface area contributed by atoms with Gasteiger partial charge in [0.25, 0.3) is 0 Å². The van der Waals surface area contributed by atoms with Gasteiger partial charge < -0.3 is 59.1 Å². The number of aliphatic hydroxyl groups is 6. The minimum Gasteiger partial charge on any atom is -0.394 e. The largest absolute Gasteiger partial charge is 0.394 e. The average Bonchev–Trinajstić information content (AvgIpc) is 3.66.